The zero-order valence-corrected chi connectivity index (χ0v) is 11.0. The van der Waals surface area contributed by atoms with Crippen LogP contribution in [0.3, 0.4) is 0 Å². The van der Waals surface area contributed by atoms with Crippen LogP contribution in [-0.4, -0.2) is 40.1 Å². The highest BCUT2D eigenvalue weighted by Gasteiger charge is 2.43. The third-order valence-corrected chi connectivity index (χ3v) is 4.33. The number of anilines is 1. The quantitative estimate of drug-likeness (QED) is 0.784. The SMILES string of the molecule is Cc1cc(C(=O)N2CC3CCC(O)C3C2)cc(N)n1. The van der Waals surface area contributed by atoms with E-state index in [1.165, 1.54) is 0 Å². The van der Waals surface area contributed by atoms with Gasteiger partial charge in [-0.3, -0.25) is 4.79 Å². The van der Waals surface area contributed by atoms with Crippen LogP contribution in [0, 0.1) is 18.8 Å². The number of aryl methyl sites for hydroxylation is 1. The third-order valence-electron chi connectivity index (χ3n) is 4.33. The van der Waals surface area contributed by atoms with Crippen LogP contribution in [0.15, 0.2) is 12.1 Å². The molecule has 3 rings (SSSR count). The highest BCUT2D eigenvalue weighted by atomic mass is 16.3. The fourth-order valence-corrected chi connectivity index (χ4v) is 3.40. The van der Waals surface area contributed by atoms with Gasteiger partial charge in [0.2, 0.25) is 0 Å². The standard InChI is InChI=1S/C14H19N3O2/c1-8-4-10(5-13(15)16-8)14(19)17-6-9-2-3-12(18)11(9)7-17/h4-5,9,11-12,18H,2-3,6-7H2,1H3,(H2,15,16). The van der Waals surface area contributed by atoms with E-state index >= 15 is 0 Å². The molecule has 1 saturated carbocycles. The van der Waals surface area contributed by atoms with Gasteiger partial charge in [-0.15, -0.1) is 0 Å². The highest BCUT2D eigenvalue weighted by Crippen LogP contribution is 2.38. The Kier molecular flexibility index (Phi) is 2.93. The van der Waals surface area contributed by atoms with Crippen molar-refractivity contribution in [3.8, 4) is 0 Å². The first kappa shape index (κ1) is 12.4. The van der Waals surface area contributed by atoms with Gasteiger partial charge in [0, 0.05) is 30.3 Å². The Morgan fingerprint density at radius 2 is 2.21 bits per heavy atom. The summed E-state index contributed by atoms with van der Waals surface area (Å²) in [5.74, 6) is 1.09. The number of nitrogens with two attached hydrogens (primary N) is 1. The molecule has 1 aromatic rings. The second-order valence-electron chi connectivity index (χ2n) is 5.70. The molecule has 0 spiro atoms. The Morgan fingerprint density at radius 3 is 2.89 bits per heavy atom. The van der Waals surface area contributed by atoms with Crippen molar-refractivity contribution < 1.29 is 9.90 Å². The number of hydrogen-bond donors (Lipinski definition) is 2. The molecule has 2 heterocycles. The van der Waals surface area contributed by atoms with Crippen LogP contribution in [-0.2, 0) is 0 Å². The Balaban J connectivity index is 1.78. The lowest BCUT2D eigenvalue weighted by molar-refractivity contribution is 0.0752. The van der Waals surface area contributed by atoms with E-state index in [2.05, 4.69) is 4.98 Å². The van der Waals surface area contributed by atoms with Crippen molar-refractivity contribution in [3.63, 3.8) is 0 Å². The van der Waals surface area contributed by atoms with Gasteiger partial charge in [0.1, 0.15) is 5.82 Å². The Morgan fingerprint density at radius 1 is 1.42 bits per heavy atom. The van der Waals surface area contributed by atoms with Gasteiger partial charge in [-0.25, -0.2) is 4.98 Å². The fourth-order valence-electron chi connectivity index (χ4n) is 3.40. The first-order valence-corrected chi connectivity index (χ1v) is 6.76. The highest BCUT2D eigenvalue weighted by molar-refractivity contribution is 5.95. The molecule has 19 heavy (non-hydrogen) atoms. The number of nitrogens with zero attached hydrogens (tertiary/aromatic N) is 2. The molecule has 1 amide bonds. The second-order valence-corrected chi connectivity index (χ2v) is 5.70. The number of carbonyl (C=O) groups is 1. The number of likely N-dealkylation sites (tertiary alicyclic amines) is 1. The van der Waals surface area contributed by atoms with Crippen molar-refractivity contribution in [2.45, 2.75) is 25.9 Å². The fraction of sp³-hybridized carbons (Fsp3) is 0.571. The molecule has 1 aliphatic carbocycles. The average molecular weight is 261 g/mol. The van der Waals surface area contributed by atoms with Crippen molar-refractivity contribution in [1.29, 1.82) is 0 Å². The van der Waals surface area contributed by atoms with Crippen LogP contribution in [0.25, 0.3) is 0 Å². The summed E-state index contributed by atoms with van der Waals surface area (Å²) in [6, 6.07) is 3.39. The van der Waals surface area contributed by atoms with E-state index in [0.29, 0.717) is 23.8 Å². The number of nitrogen functional groups attached to an aromatic ring is 1. The summed E-state index contributed by atoms with van der Waals surface area (Å²) in [7, 11) is 0. The molecule has 0 radical (unpaired) electrons. The van der Waals surface area contributed by atoms with E-state index in [4.69, 9.17) is 5.73 Å². The molecule has 2 fully saturated rings. The minimum atomic E-state index is -0.243. The normalized spacial score (nSPS) is 29.6. The van der Waals surface area contributed by atoms with Gasteiger partial charge >= 0.3 is 0 Å². The molecule has 1 saturated heterocycles. The largest absolute Gasteiger partial charge is 0.393 e. The zero-order chi connectivity index (χ0) is 13.6. The molecule has 5 nitrogen and oxygen atoms in total. The molecular formula is C14H19N3O2. The van der Waals surface area contributed by atoms with Crippen LogP contribution < -0.4 is 5.73 Å². The smallest absolute Gasteiger partial charge is 0.254 e. The second kappa shape index (κ2) is 4.49. The van der Waals surface area contributed by atoms with Crippen molar-refractivity contribution in [1.82, 2.24) is 9.88 Å². The molecule has 3 atom stereocenters. The minimum Gasteiger partial charge on any atom is -0.393 e. The molecule has 0 bridgehead atoms. The van der Waals surface area contributed by atoms with E-state index < -0.39 is 0 Å². The number of carbonyl (C=O) groups excluding carboxylic acids is 1. The van der Waals surface area contributed by atoms with Gasteiger partial charge in [0.25, 0.3) is 5.91 Å². The van der Waals surface area contributed by atoms with Crippen molar-refractivity contribution in [2.75, 3.05) is 18.8 Å². The molecule has 102 valence electrons. The molecule has 3 N–H and O–H groups in total. The summed E-state index contributed by atoms with van der Waals surface area (Å²) in [6.07, 6.45) is 1.65. The Bertz CT molecular complexity index is 497. The number of rotatable bonds is 1. The summed E-state index contributed by atoms with van der Waals surface area (Å²) in [6.45, 7) is 3.24. The summed E-state index contributed by atoms with van der Waals surface area (Å²) >= 11 is 0. The topological polar surface area (TPSA) is 79.5 Å². The molecule has 1 aliphatic heterocycles. The Hall–Kier alpha value is -1.62. The van der Waals surface area contributed by atoms with E-state index in [0.717, 1.165) is 25.1 Å². The van der Waals surface area contributed by atoms with Crippen molar-refractivity contribution in [2.24, 2.45) is 11.8 Å². The third kappa shape index (κ3) is 2.18. The minimum absolute atomic E-state index is 0.00111. The summed E-state index contributed by atoms with van der Waals surface area (Å²) in [5.41, 5.74) is 7.04. The predicted octanol–water partition coefficient (Wildman–Crippen LogP) is 0.815. The van der Waals surface area contributed by atoms with E-state index in [1.54, 1.807) is 12.1 Å². The monoisotopic (exact) mass is 261 g/mol. The van der Waals surface area contributed by atoms with Gasteiger partial charge in [-0.1, -0.05) is 0 Å². The zero-order valence-electron chi connectivity index (χ0n) is 11.0. The number of pyridine rings is 1. The first-order valence-electron chi connectivity index (χ1n) is 6.76. The molecule has 3 unspecified atom stereocenters. The van der Waals surface area contributed by atoms with Crippen molar-refractivity contribution in [3.05, 3.63) is 23.4 Å². The first-order chi connectivity index (χ1) is 9.04. The summed E-state index contributed by atoms with van der Waals surface area (Å²) in [4.78, 5) is 18.4. The maximum Gasteiger partial charge on any atom is 0.254 e. The van der Waals surface area contributed by atoms with Crippen LogP contribution in [0.1, 0.15) is 28.9 Å². The van der Waals surface area contributed by atoms with Gasteiger partial charge in [-0.05, 0) is 37.8 Å². The number of fused-ring (bicyclic) bond motifs is 1. The maximum atomic E-state index is 12.5. The molecular weight excluding hydrogens is 242 g/mol. The van der Waals surface area contributed by atoms with Crippen LogP contribution in [0.5, 0.6) is 0 Å². The van der Waals surface area contributed by atoms with E-state index in [9.17, 15) is 9.90 Å². The van der Waals surface area contributed by atoms with Crippen LogP contribution in [0.2, 0.25) is 0 Å². The summed E-state index contributed by atoms with van der Waals surface area (Å²) < 4.78 is 0. The van der Waals surface area contributed by atoms with Gasteiger partial charge in [0.15, 0.2) is 0 Å². The number of amides is 1. The molecule has 2 aliphatic rings. The van der Waals surface area contributed by atoms with Gasteiger partial charge in [0.05, 0.1) is 6.10 Å². The lowest BCUT2D eigenvalue weighted by Crippen LogP contribution is -2.31. The number of aliphatic hydroxyl groups is 1. The number of hydrogen-bond acceptors (Lipinski definition) is 4. The van der Waals surface area contributed by atoms with Crippen molar-refractivity contribution >= 4 is 11.7 Å². The van der Waals surface area contributed by atoms with Crippen LogP contribution in [0.4, 0.5) is 5.82 Å². The molecule has 5 heteroatoms. The molecule has 0 aromatic carbocycles. The van der Waals surface area contributed by atoms with Gasteiger partial charge in [-0.2, -0.15) is 0 Å². The van der Waals surface area contributed by atoms with E-state index in [1.807, 2.05) is 11.8 Å². The van der Waals surface area contributed by atoms with Crippen LogP contribution >= 0.6 is 0 Å². The predicted molar refractivity (Wildman–Crippen MR) is 71.5 cm³/mol. The van der Waals surface area contributed by atoms with E-state index in [-0.39, 0.29) is 17.9 Å². The maximum absolute atomic E-state index is 12.5. The Labute approximate surface area is 112 Å². The summed E-state index contributed by atoms with van der Waals surface area (Å²) in [5, 5.41) is 9.89. The number of aromatic nitrogens is 1. The average Bonchev–Trinajstić information content (AvgIpc) is 2.90. The lowest BCUT2D eigenvalue weighted by Gasteiger charge is -2.18. The molecule has 1 aromatic heterocycles. The van der Waals surface area contributed by atoms with Gasteiger partial charge < -0.3 is 15.7 Å². The number of aliphatic hydroxyl groups excluding tert-OH is 1. The lowest BCUT2D eigenvalue weighted by atomic mass is 10.00.